The number of rotatable bonds is 6. The second-order valence-electron chi connectivity index (χ2n) is 7.28. The van der Waals surface area contributed by atoms with Crippen molar-refractivity contribution in [3.63, 3.8) is 0 Å². The molecule has 0 saturated carbocycles. The molecule has 0 aliphatic rings. The van der Waals surface area contributed by atoms with Gasteiger partial charge in [-0.2, -0.15) is 0 Å². The second kappa shape index (κ2) is 9.40. The first-order chi connectivity index (χ1) is 16.2. The summed E-state index contributed by atoms with van der Waals surface area (Å²) in [6.07, 6.45) is 0. The Labute approximate surface area is 200 Å². The standard InChI is InChI=1S/C26H19ClN4OS/c1-32-22-12-6-17(7-13-22)23-14-15-25(31-30-23)28-21-10-4-18(5-11-21)24-16-33-26(29-24)19-2-8-20(27)9-3-19/h2-16H,1H3,(H,28,31). The van der Waals surface area contributed by atoms with Gasteiger partial charge in [-0.15, -0.1) is 21.5 Å². The summed E-state index contributed by atoms with van der Waals surface area (Å²) in [6, 6.07) is 27.4. The molecular weight excluding hydrogens is 452 g/mol. The lowest BCUT2D eigenvalue weighted by atomic mass is 10.1. The highest BCUT2D eigenvalue weighted by Gasteiger charge is 2.08. The molecule has 0 aliphatic carbocycles. The third-order valence-electron chi connectivity index (χ3n) is 5.10. The highest BCUT2D eigenvalue weighted by Crippen LogP contribution is 2.30. The molecule has 0 unspecified atom stereocenters. The van der Waals surface area contributed by atoms with Crippen LogP contribution < -0.4 is 10.1 Å². The lowest BCUT2D eigenvalue weighted by Gasteiger charge is -2.07. The predicted molar refractivity (Wildman–Crippen MR) is 135 cm³/mol. The van der Waals surface area contributed by atoms with Gasteiger partial charge in [0.05, 0.1) is 18.5 Å². The van der Waals surface area contributed by atoms with Gasteiger partial charge in [-0.1, -0.05) is 35.9 Å². The van der Waals surface area contributed by atoms with Gasteiger partial charge in [-0.05, 0) is 60.7 Å². The molecule has 1 N–H and O–H groups in total. The quantitative estimate of drug-likeness (QED) is 0.281. The maximum Gasteiger partial charge on any atom is 0.153 e. The number of halogens is 1. The second-order valence-corrected chi connectivity index (χ2v) is 8.57. The molecule has 0 saturated heterocycles. The van der Waals surface area contributed by atoms with Crippen LogP contribution in [-0.2, 0) is 0 Å². The number of anilines is 2. The molecule has 3 aromatic carbocycles. The smallest absolute Gasteiger partial charge is 0.153 e. The molecule has 0 aliphatic heterocycles. The van der Waals surface area contributed by atoms with E-state index in [4.69, 9.17) is 21.3 Å². The number of nitrogens with zero attached hydrogens (tertiary/aromatic N) is 3. The predicted octanol–water partition coefficient (Wildman–Crippen LogP) is 7.34. The Morgan fingerprint density at radius 3 is 2.06 bits per heavy atom. The number of aromatic nitrogens is 3. The molecule has 0 bridgehead atoms. The summed E-state index contributed by atoms with van der Waals surface area (Å²) >= 11 is 7.60. The largest absolute Gasteiger partial charge is 0.497 e. The van der Waals surface area contributed by atoms with E-state index in [-0.39, 0.29) is 0 Å². The highest BCUT2D eigenvalue weighted by molar-refractivity contribution is 7.13. The van der Waals surface area contributed by atoms with Crippen molar-refractivity contribution < 1.29 is 4.74 Å². The zero-order valence-electron chi connectivity index (χ0n) is 17.7. The zero-order chi connectivity index (χ0) is 22.6. The van der Waals surface area contributed by atoms with Gasteiger partial charge < -0.3 is 10.1 Å². The van der Waals surface area contributed by atoms with Crippen molar-refractivity contribution in [3.8, 4) is 38.8 Å². The maximum atomic E-state index is 5.98. The zero-order valence-corrected chi connectivity index (χ0v) is 19.3. The van der Waals surface area contributed by atoms with Crippen molar-refractivity contribution in [1.82, 2.24) is 15.2 Å². The van der Waals surface area contributed by atoms with E-state index in [9.17, 15) is 0 Å². The Bertz CT molecular complexity index is 1350. The van der Waals surface area contributed by atoms with Gasteiger partial charge in [0.25, 0.3) is 0 Å². The van der Waals surface area contributed by atoms with Crippen molar-refractivity contribution in [2.45, 2.75) is 0 Å². The molecular formula is C26H19ClN4OS. The molecule has 5 rings (SSSR count). The Hall–Kier alpha value is -3.74. The molecule has 0 atom stereocenters. The lowest BCUT2D eigenvalue weighted by Crippen LogP contribution is -1.96. The number of hydrogen-bond donors (Lipinski definition) is 1. The summed E-state index contributed by atoms with van der Waals surface area (Å²) in [5.74, 6) is 1.49. The normalized spacial score (nSPS) is 10.7. The van der Waals surface area contributed by atoms with E-state index in [1.54, 1.807) is 18.4 Å². The summed E-state index contributed by atoms with van der Waals surface area (Å²) < 4.78 is 5.20. The topological polar surface area (TPSA) is 59.9 Å². The van der Waals surface area contributed by atoms with Crippen LogP contribution in [0.4, 0.5) is 11.5 Å². The van der Waals surface area contributed by atoms with E-state index in [0.717, 1.165) is 49.5 Å². The van der Waals surface area contributed by atoms with Gasteiger partial charge >= 0.3 is 0 Å². The van der Waals surface area contributed by atoms with Crippen LogP contribution in [0.25, 0.3) is 33.1 Å². The number of ether oxygens (including phenoxy) is 1. The average molecular weight is 471 g/mol. The summed E-state index contributed by atoms with van der Waals surface area (Å²) in [7, 11) is 1.65. The monoisotopic (exact) mass is 470 g/mol. The van der Waals surface area contributed by atoms with Crippen molar-refractivity contribution in [1.29, 1.82) is 0 Å². The number of nitrogens with one attached hydrogen (secondary N) is 1. The fourth-order valence-corrected chi connectivity index (χ4v) is 4.28. The summed E-state index contributed by atoms with van der Waals surface area (Å²) in [5, 5.41) is 15.7. The Morgan fingerprint density at radius 1 is 0.727 bits per heavy atom. The van der Waals surface area contributed by atoms with Crippen molar-refractivity contribution in [3.05, 3.63) is 95.3 Å². The van der Waals surface area contributed by atoms with Crippen LogP contribution in [0.15, 0.2) is 90.3 Å². The van der Waals surface area contributed by atoms with Gasteiger partial charge in [-0.3, -0.25) is 0 Å². The number of thiazole rings is 1. The molecule has 7 heteroatoms. The Balaban J connectivity index is 1.27. The van der Waals surface area contributed by atoms with Crippen LogP contribution in [0, 0.1) is 0 Å². The van der Waals surface area contributed by atoms with Gasteiger partial charge in [0.1, 0.15) is 10.8 Å². The molecule has 5 aromatic rings. The van der Waals surface area contributed by atoms with Gasteiger partial charge in [-0.25, -0.2) is 4.98 Å². The van der Waals surface area contributed by atoms with Crippen LogP contribution >= 0.6 is 22.9 Å². The van der Waals surface area contributed by atoms with Crippen LogP contribution in [0.5, 0.6) is 5.75 Å². The Kier molecular flexibility index (Phi) is 6.02. The van der Waals surface area contributed by atoms with E-state index < -0.39 is 0 Å². The van der Waals surface area contributed by atoms with E-state index in [0.29, 0.717) is 5.82 Å². The van der Waals surface area contributed by atoms with Crippen molar-refractivity contribution in [2.24, 2.45) is 0 Å². The highest BCUT2D eigenvalue weighted by atomic mass is 35.5. The van der Waals surface area contributed by atoms with Gasteiger partial charge in [0.15, 0.2) is 5.82 Å². The van der Waals surface area contributed by atoms with Crippen LogP contribution in [-0.4, -0.2) is 22.3 Å². The molecule has 0 amide bonds. The first kappa shape index (κ1) is 21.1. The SMILES string of the molecule is COc1ccc(-c2ccc(Nc3ccc(-c4csc(-c5ccc(Cl)cc5)n4)cc3)nn2)cc1. The molecule has 5 nitrogen and oxygen atoms in total. The summed E-state index contributed by atoms with van der Waals surface area (Å²) in [6.45, 7) is 0. The minimum atomic E-state index is 0.679. The number of benzene rings is 3. The first-order valence-corrected chi connectivity index (χ1v) is 11.5. The molecule has 2 aromatic heterocycles. The minimum absolute atomic E-state index is 0.679. The van der Waals surface area contributed by atoms with Crippen LogP contribution in [0.1, 0.15) is 0 Å². The third-order valence-corrected chi connectivity index (χ3v) is 6.24. The molecule has 33 heavy (non-hydrogen) atoms. The average Bonchev–Trinajstić information content (AvgIpc) is 3.36. The van der Waals surface area contributed by atoms with E-state index >= 15 is 0 Å². The molecule has 0 spiro atoms. The number of methoxy groups -OCH3 is 1. The van der Waals surface area contributed by atoms with Gasteiger partial charge in [0, 0.05) is 32.8 Å². The lowest BCUT2D eigenvalue weighted by molar-refractivity contribution is 0.415. The fourth-order valence-electron chi connectivity index (χ4n) is 3.32. The molecule has 0 radical (unpaired) electrons. The summed E-state index contributed by atoms with van der Waals surface area (Å²) in [5.41, 5.74) is 5.78. The first-order valence-electron chi connectivity index (χ1n) is 10.2. The molecule has 0 fully saturated rings. The minimum Gasteiger partial charge on any atom is -0.497 e. The van der Waals surface area contributed by atoms with E-state index in [2.05, 4.69) is 20.9 Å². The Morgan fingerprint density at radius 2 is 1.39 bits per heavy atom. The van der Waals surface area contributed by atoms with Crippen LogP contribution in [0.3, 0.4) is 0 Å². The van der Waals surface area contributed by atoms with Crippen molar-refractivity contribution in [2.75, 3.05) is 12.4 Å². The van der Waals surface area contributed by atoms with Gasteiger partial charge in [0.2, 0.25) is 0 Å². The van der Waals surface area contributed by atoms with E-state index in [1.165, 1.54) is 0 Å². The molecule has 162 valence electrons. The van der Waals surface area contributed by atoms with Crippen LogP contribution in [0.2, 0.25) is 5.02 Å². The summed E-state index contributed by atoms with van der Waals surface area (Å²) in [4.78, 5) is 4.77. The number of hydrogen-bond acceptors (Lipinski definition) is 6. The molecule has 2 heterocycles. The maximum absolute atomic E-state index is 5.98. The van der Waals surface area contributed by atoms with E-state index in [1.807, 2.05) is 84.9 Å². The fraction of sp³-hybridized carbons (Fsp3) is 0.0385. The third kappa shape index (κ3) is 4.87. The van der Waals surface area contributed by atoms with Crippen molar-refractivity contribution >= 4 is 34.4 Å².